The molecule has 4 heteroatoms. The standard InChI is InChI=1S/C13H15NO3/c1-9-5-4-6-10-13(9)17-11(14-10)7-2-3-8-12(15)16/h4-6H,2-3,7-8H2,1H3,(H,15,16). The van der Waals surface area contributed by atoms with Gasteiger partial charge in [0.1, 0.15) is 5.52 Å². The topological polar surface area (TPSA) is 63.3 Å². The van der Waals surface area contributed by atoms with Gasteiger partial charge in [-0.25, -0.2) is 4.98 Å². The Bertz CT molecular complexity index is 530. The highest BCUT2D eigenvalue weighted by atomic mass is 16.4. The number of unbranched alkanes of at least 4 members (excludes halogenated alkanes) is 1. The van der Waals surface area contributed by atoms with E-state index in [-0.39, 0.29) is 6.42 Å². The number of carboxylic acid groups (broad SMARTS) is 1. The Morgan fingerprint density at radius 1 is 1.41 bits per heavy atom. The van der Waals surface area contributed by atoms with Gasteiger partial charge in [0.05, 0.1) is 0 Å². The summed E-state index contributed by atoms with van der Waals surface area (Å²) >= 11 is 0. The van der Waals surface area contributed by atoms with Gasteiger partial charge in [0, 0.05) is 12.8 Å². The Hall–Kier alpha value is -1.84. The molecule has 2 rings (SSSR count). The van der Waals surface area contributed by atoms with Crippen LogP contribution in [0.15, 0.2) is 22.6 Å². The maximum Gasteiger partial charge on any atom is 0.303 e. The Labute approximate surface area is 99.3 Å². The van der Waals surface area contributed by atoms with E-state index < -0.39 is 5.97 Å². The molecule has 90 valence electrons. The van der Waals surface area contributed by atoms with Gasteiger partial charge in [-0.05, 0) is 31.4 Å². The molecule has 0 amide bonds. The lowest BCUT2D eigenvalue weighted by Crippen LogP contribution is -1.94. The lowest BCUT2D eigenvalue weighted by Gasteiger charge is -1.94. The lowest BCUT2D eigenvalue weighted by atomic mass is 10.2. The molecular weight excluding hydrogens is 218 g/mol. The molecule has 0 atom stereocenters. The van der Waals surface area contributed by atoms with E-state index in [1.54, 1.807) is 0 Å². The van der Waals surface area contributed by atoms with Crippen LogP contribution in [0.5, 0.6) is 0 Å². The number of aromatic nitrogens is 1. The molecule has 0 fully saturated rings. The quantitative estimate of drug-likeness (QED) is 0.806. The SMILES string of the molecule is Cc1cccc2nc(CCCCC(=O)O)oc12. The van der Waals surface area contributed by atoms with E-state index in [1.165, 1.54) is 0 Å². The van der Waals surface area contributed by atoms with Crippen LogP contribution >= 0.6 is 0 Å². The minimum atomic E-state index is -0.751. The number of carbonyl (C=O) groups is 1. The highest BCUT2D eigenvalue weighted by molar-refractivity contribution is 5.75. The first-order valence-corrected chi connectivity index (χ1v) is 5.73. The van der Waals surface area contributed by atoms with Gasteiger partial charge in [-0.15, -0.1) is 0 Å². The van der Waals surface area contributed by atoms with E-state index in [0.29, 0.717) is 18.7 Å². The Kier molecular flexibility index (Phi) is 3.42. The summed E-state index contributed by atoms with van der Waals surface area (Å²) in [6.07, 6.45) is 2.35. The van der Waals surface area contributed by atoms with Gasteiger partial charge >= 0.3 is 5.97 Å². The summed E-state index contributed by atoms with van der Waals surface area (Å²) in [7, 11) is 0. The maximum absolute atomic E-state index is 10.4. The summed E-state index contributed by atoms with van der Waals surface area (Å²) in [5, 5.41) is 8.52. The number of aliphatic carboxylic acids is 1. The van der Waals surface area contributed by atoms with Gasteiger partial charge in [-0.3, -0.25) is 4.79 Å². The van der Waals surface area contributed by atoms with Crippen molar-refractivity contribution in [2.75, 3.05) is 0 Å². The van der Waals surface area contributed by atoms with Crippen LogP contribution in [-0.4, -0.2) is 16.1 Å². The molecular formula is C13H15NO3. The van der Waals surface area contributed by atoms with Crippen LogP contribution in [0.2, 0.25) is 0 Å². The molecule has 0 aliphatic heterocycles. The lowest BCUT2D eigenvalue weighted by molar-refractivity contribution is -0.137. The van der Waals surface area contributed by atoms with Crippen molar-refractivity contribution in [2.24, 2.45) is 0 Å². The fourth-order valence-corrected chi connectivity index (χ4v) is 1.79. The molecule has 4 nitrogen and oxygen atoms in total. The molecule has 0 bridgehead atoms. The van der Waals surface area contributed by atoms with Crippen LogP contribution in [-0.2, 0) is 11.2 Å². The molecule has 0 aliphatic carbocycles. The van der Waals surface area contributed by atoms with Crippen molar-refractivity contribution >= 4 is 17.1 Å². The monoisotopic (exact) mass is 233 g/mol. The van der Waals surface area contributed by atoms with Gasteiger partial charge < -0.3 is 9.52 Å². The molecule has 1 N–H and O–H groups in total. The highest BCUT2D eigenvalue weighted by Gasteiger charge is 2.07. The van der Waals surface area contributed by atoms with Crippen LogP contribution in [0.3, 0.4) is 0 Å². The number of para-hydroxylation sites is 1. The van der Waals surface area contributed by atoms with E-state index in [0.717, 1.165) is 23.1 Å². The molecule has 1 aromatic heterocycles. The van der Waals surface area contributed by atoms with E-state index in [4.69, 9.17) is 9.52 Å². The molecule has 0 aliphatic rings. The fraction of sp³-hybridized carbons (Fsp3) is 0.385. The number of fused-ring (bicyclic) bond motifs is 1. The smallest absolute Gasteiger partial charge is 0.303 e. The van der Waals surface area contributed by atoms with Gasteiger partial charge in [0.25, 0.3) is 0 Å². The minimum Gasteiger partial charge on any atom is -0.481 e. The van der Waals surface area contributed by atoms with Crippen molar-refractivity contribution in [3.8, 4) is 0 Å². The average molecular weight is 233 g/mol. The summed E-state index contributed by atoms with van der Waals surface area (Å²) < 4.78 is 5.65. The highest BCUT2D eigenvalue weighted by Crippen LogP contribution is 2.20. The number of carboxylic acids is 1. The number of hydrogen-bond donors (Lipinski definition) is 1. The van der Waals surface area contributed by atoms with E-state index in [9.17, 15) is 4.79 Å². The number of aryl methyl sites for hydroxylation is 2. The van der Waals surface area contributed by atoms with Crippen molar-refractivity contribution in [3.63, 3.8) is 0 Å². The maximum atomic E-state index is 10.4. The zero-order valence-electron chi connectivity index (χ0n) is 9.77. The second-order valence-electron chi connectivity index (χ2n) is 4.13. The summed E-state index contributed by atoms with van der Waals surface area (Å²) in [4.78, 5) is 14.7. The third kappa shape index (κ3) is 2.84. The molecule has 0 unspecified atom stereocenters. The molecule has 0 saturated carbocycles. The number of oxazole rings is 1. The first kappa shape index (κ1) is 11.6. The first-order valence-electron chi connectivity index (χ1n) is 5.73. The molecule has 0 spiro atoms. The fourth-order valence-electron chi connectivity index (χ4n) is 1.79. The van der Waals surface area contributed by atoms with Gasteiger partial charge in [-0.2, -0.15) is 0 Å². The van der Waals surface area contributed by atoms with Crippen molar-refractivity contribution in [2.45, 2.75) is 32.6 Å². The zero-order chi connectivity index (χ0) is 12.3. The third-order valence-electron chi connectivity index (χ3n) is 2.69. The Balaban J connectivity index is 2.00. The number of benzene rings is 1. The van der Waals surface area contributed by atoms with Gasteiger partial charge in [0.15, 0.2) is 11.5 Å². The van der Waals surface area contributed by atoms with Gasteiger partial charge in [0.2, 0.25) is 0 Å². The second kappa shape index (κ2) is 4.99. The van der Waals surface area contributed by atoms with Crippen LogP contribution in [0.25, 0.3) is 11.1 Å². The van der Waals surface area contributed by atoms with Crippen LogP contribution in [0.1, 0.15) is 30.7 Å². The van der Waals surface area contributed by atoms with Crippen molar-refractivity contribution in [3.05, 3.63) is 29.7 Å². The number of hydrogen-bond acceptors (Lipinski definition) is 3. The number of nitrogens with zero attached hydrogens (tertiary/aromatic N) is 1. The van der Waals surface area contributed by atoms with Crippen molar-refractivity contribution in [1.29, 1.82) is 0 Å². The summed E-state index contributed by atoms with van der Waals surface area (Å²) in [5.41, 5.74) is 2.78. The second-order valence-corrected chi connectivity index (χ2v) is 4.13. The molecule has 0 saturated heterocycles. The van der Waals surface area contributed by atoms with Gasteiger partial charge in [-0.1, -0.05) is 12.1 Å². The summed E-state index contributed by atoms with van der Waals surface area (Å²) in [5.74, 6) is -0.0573. The molecule has 2 aromatic rings. The Morgan fingerprint density at radius 3 is 2.94 bits per heavy atom. The van der Waals surface area contributed by atoms with Crippen molar-refractivity contribution < 1.29 is 14.3 Å². The molecule has 17 heavy (non-hydrogen) atoms. The van der Waals surface area contributed by atoms with Crippen molar-refractivity contribution in [1.82, 2.24) is 4.98 Å². The normalized spacial score (nSPS) is 10.9. The predicted octanol–water partition coefficient (Wildman–Crippen LogP) is 2.93. The third-order valence-corrected chi connectivity index (χ3v) is 2.69. The Morgan fingerprint density at radius 2 is 2.24 bits per heavy atom. The van der Waals surface area contributed by atoms with Crippen LogP contribution < -0.4 is 0 Å². The summed E-state index contributed by atoms with van der Waals surface area (Å²) in [6.45, 7) is 1.99. The zero-order valence-corrected chi connectivity index (χ0v) is 9.77. The predicted molar refractivity (Wildman–Crippen MR) is 63.9 cm³/mol. The largest absolute Gasteiger partial charge is 0.481 e. The van der Waals surface area contributed by atoms with Crippen LogP contribution in [0, 0.1) is 6.92 Å². The van der Waals surface area contributed by atoms with E-state index in [2.05, 4.69) is 4.98 Å². The first-order chi connectivity index (χ1) is 8.16. The minimum absolute atomic E-state index is 0.208. The van der Waals surface area contributed by atoms with Crippen LogP contribution in [0.4, 0.5) is 0 Å². The summed E-state index contributed by atoms with van der Waals surface area (Å²) in [6, 6.07) is 5.86. The molecule has 1 aromatic carbocycles. The molecule has 1 heterocycles. The average Bonchev–Trinajstić information content (AvgIpc) is 2.69. The number of rotatable bonds is 5. The van der Waals surface area contributed by atoms with E-state index >= 15 is 0 Å². The van der Waals surface area contributed by atoms with E-state index in [1.807, 2.05) is 25.1 Å². The molecule has 0 radical (unpaired) electrons.